The van der Waals surface area contributed by atoms with E-state index in [-0.39, 0.29) is 20.1 Å². The fourth-order valence-corrected chi connectivity index (χ4v) is 8.87. The molecular formula is C45H30IrNOP-2. The molecule has 9 rings (SSSR count). The Balaban J connectivity index is 0.000000187. The second-order valence-electron chi connectivity index (χ2n) is 11.8. The molecule has 1 radical (unpaired) electrons. The molecule has 0 aliphatic rings. The summed E-state index contributed by atoms with van der Waals surface area (Å²) in [5.41, 5.74) is 3.03. The first-order chi connectivity index (χ1) is 23.6. The minimum Gasteiger partial charge on any atom is -0.311 e. The largest absolute Gasteiger partial charge is 0.311 e. The third-order valence-electron chi connectivity index (χ3n) is 8.78. The maximum absolute atomic E-state index is 15.1. The minimum atomic E-state index is -3.15. The van der Waals surface area contributed by atoms with E-state index in [1.54, 1.807) is 0 Å². The summed E-state index contributed by atoms with van der Waals surface area (Å²) < 4.78 is 15.1. The van der Waals surface area contributed by atoms with E-state index in [1.807, 2.05) is 109 Å². The molecule has 2 nitrogen and oxygen atoms in total. The van der Waals surface area contributed by atoms with E-state index in [0.717, 1.165) is 65.0 Å². The zero-order chi connectivity index (χ0) is 32.3. The average Bonchev–Trinajstić information content (AvgIpc) is 3.17. The predicted octanol–water partition coefficient (Wildman–Crippen LogP) is 10.3. The summed E-state index contributed by atoms with van der Waals surface area (Å²) in [5, 5.41) is 10.2. The normalized spacial score (nSPS) is 11.2. The molecule has 0 aliphatic carbocycles. The van der Waals surface area contributed by atoms with Gasteiger partial charge < -0.3 is 4.57 Å². The smallest absolute Gasteiger partial charge is 0.147 e. The van der Waals surface area contributed by atoms with Crippen LogP contribution in [0, 0.1) is 12.1 Å². The topological polar surface area (TPSA) is 30.0 Å². The Bertz CT molecular complexity index is 2420. The van der Waals surface area contributed by atoms with Crippen molar-refractivity contribution in [2.45, 2.75) is 0 Å². The van der Waals surface area contributed by atoms with Crippen molar-refractivity contribution in [3.8, 4) is 11.3 Å². The van der Waals surface area contributed by atoms with Crippen LogP contribution in [0.4, 0.5) is 0 Å². The molecule has 49 heavy (non-hydrogen) atoms. The van der Waals surface area contributed by atoms with Gasteiger partial charge in [0.15, 0.2) is 0 Å². The summed E-state index contributed by atoms with van der Waals surface area (Å²) in [7, 11) is -3.15. The fourth-order valence-electron chi connectivity index (χ4n) is 6.24. The van der Waals surface area contributed by atoms with Crippen molar-refractivity contribution in [3.05, 3.63) is 194 Å². The number of aromatic nitrogens is 1. The Morgan fingerprint density at radius 3 is 1.57 bits per heavy atom. The number of pyridine rings is 1. The van der Waals surface area contributed by atoms with Gasteiger partial charge in [-0.1, -0.05) is 127 Å². The van der Waals surface area contributed by atoms with Crippen LogP contribution in [-0.2, 0) is 24.7 Å². The second kappa shape index (κ2) is 14.1. The van der Waals surface area contributed by atoms with Gasteiger partial charge in [-0.3, -0.25) is 4.98 Å². The van der Waals surface area contributed by atoms with E-state index in [4.69, 9.17) is 0 Å². The number of nitrogens with zero attached hydrogens (tertiary/aromatic N) is 1. The van der Waals surface area contributed by atoms with Gasteiger partial charge in [0.1, 0.15) is 7.14 Å². The number of rotatable bonds is 4. The van der Waals surface area contributed by atoms with Crippen molar-refractivity contribution in [1.29, 1.82) is 0 Å². The third kappa shape index (κ3) is 6.50. The van der Waals surface area contributed by atoms with Crippen molar-refractivity contribution in [2.24, 2.45) is 0 Å². The number of hydrogen-bond acceptors (Lipinski definition) is 2. The number of fused-ring (bicyclic) bond motifs is 4. The molecule has 0 spiro atoms. The van der Waals surface area contributed by atoms with Gasteiger partial charge in [-0.15, -0.1) is 52.7 Å². The first kappa shape index (κ1) is 32.4. The molecule has 9 aromatic rings. The SMILES string of the molecule is O=P(c1[c-]cc2ccccc2c1)(c1ccc2ccccc2c1)c1ccc2ccccc2c1.[Ir].[c-]1ccccc1-c1ccc2ccccc2n1. The molecule has 8 aromatic carbocycles. The summed E-state index contributed by atoms with van der Waals surface area (Å²) in [4.78, 5) is 4.61. The van der Waals surface area contributed by atoms with Crippen molar-refractivity contribution in [2.75, 3.05) is 0 Å². The van der Waals surface area contributed by atoms with Crippen molar-refractivity contribution in [1.82, 2.24) is 4.98 Å². The quantitative estimate of drug-likeness (QED) is 0.131. The van der Waals surface area contributed by atoms with Crippen LogP contribution in [-0.4, -0.2) is 4.98 Å². The summed E-state index contributed by atoms with van der Waals surface area (Å²) in [6.45, 7) is 0. The molecule has 1 aromatic heterocycles. The molecular weight excluding hydrogens is 794 g/mol. The van der Waals surface area contributed by atoms with Gasteiger partial charge in [0, 0.05) is 30.7 Å². The van der Waals surface area contributed by atoms with Crippen LogP contribution in [0.5, 0.6) is 0 Å². The molecule has 0 atom stereocenters. The summed E-state index contributed by atoms with van der Waals surface area (Å²) >= 11 is 0. The molecule has 0 saturated heterocycles. The Labute approximate surface area is 299 Å². The van der Waals surface area contributed by atoms with E-state index < -0.39 is 7.14 Å². The Hall–Kier alpha value is -5.17. The van der Waals surface area contributed by atoms with Crippen LogP contribution in [0.1, 0.15) is 0 Å². The molecule has 0 N–H and O–H groups in total. The fraction of sp³-hybridized carbons (Fsp3) is 0. The average molecular weight is 824 g/mol. The van der Waals surface area contributed by atoms with Crippen LogP contribution in [0.3, 0.4) is 0 Å². The van der Waals surface area contributed by atoms with E-state index in [1.165, 1.54) is 5.39 Å². The van der Waals surface area contributed by atoms with E-state index in [0.29, 0.717) is 0 Å². The van der Waals surface area contributed by atoms with Crippen LogP contribution in [0.25, 0.3) is 54.5 Å². The first-order valence-corrected chi connectivity index (χ1v) is 17.7. The zero-order valence-corrected chi connectivity index (χ0v) is 29.7. The van der Waals surface area contributed by atoms with Crippen molar-refractivity contribution < 1.29 is 24.7 Å². The van der Waals surface area contributed by atoms with Gasteiger partial charge >= 0.3 is 0 Å². The number of benzene rings is 8. The maximum atomic E-state index is 15.1. The third-order valence-corrected chi connectivity index (χ3v) is 11.7. The molecule has 237 valence electrons. The zero-order valence-electron chi connectivity index (χ0n) is 26.5. The van der Waals surface area contributed by atoms with Crippen molar-refractivity contribution in [3.63, 3.8) is 0 Å². The standard InChI is InChI=1S/C30H20OP.C15H10N.Ir/c31-32(28-16-13-22-7-1-4-10-25(22)19-28,29-17-14-23-8-2-5-11-26(23)20-29)30-18-15-24-9-3-6-12-27(24)21-30;1-2-6-12(7-3-1)15-11-10-13-8-4-5-9-14(13)16-15;/h1-17,19-21H;1-6,8-11H;/q2*-1;. The Morgan fingerprint density at radius 2 is 0.959 bits per heavy atom. The summed E-state index contributed by atoms with van der Waals surface area (Å²) in [6, 6.07) is 67.7. The molecule has 1 heterocycles. The van der Waals surface area contributed by atoms with Crippen LogP contribution >= 0.6 is 7.14 Å². The molecule has 0 aliphatic heterocycles. The van der Waals surface area contributed by atoms with Crippen LogP contribution in [0.15, 0.2) is 182 Å². The first-order valence-electron chi connectivity index (χ1n) is 16.0. The van der Waals surface area contributed by atoms with Gasteiger partial charge in [-0.25, -0.2) is 0 Å². The van der Waals surface area contributed by atoms with Gasteiger partial charge in [-0.05, 0) is 50.8 Å². The van der Waals surface area contributed by atoms with Gasteiger partial charge in [0.2, 0.25) is 0 Å². The van der Waals surface area contributed by atoms with Crippen LogP contribution in [0.2, 0.25) is 0 Å². The molecule has 0 fully saturated rings. The monoisotopic (exact) mass is 824 g/mol. The Kier molecular flexibility index (Phi) is 9.34. The molecule has 0 saturated carbocycles. The second-order valence-corrected chi connectivity index (χ2v) is 14.5. The van der Waals surface area contributed by atoms with E-state index >= 15 is 4.57 Å². The predicted molar refractivity (Wildman–Crippen MR) is 203 cm³/mol. The van der Waals surface area contributed by atoms with Gasteiger partial charge in [-0.2, -0.15) is 18.2 Å². The maximum Gasteiger partial charge on any atom is 0.147 e. The summed E-state index contributed by atoms with van der Waals surface area (Å²) in [5.74, 6) is 0. The van der Waals surface area contributed by atoms with Gasteiger partial charge in [0.25, 0.3) is 0 Å². The molecule has 0 bridgehead atoms. The van der Waals surface area contributed by atoms with Crippen LogP contribution < -0.4 is 15.9 Å². The van der Waals surface area contributed by atoms with Gasteiger partial charge in [0.05, 0.1) is 5.52 Å². The Morgan fingerprint density at radius 1 is 0.449 bits per heavy atom. The molecule has 4 heteroatoms. The van der Waals surface area contributed by atoms with E-state index in [9.17, 15) is 0 Å². The van der Waals surface area contributed by atoms with E-state index in [2.05, 4.69) is 89.9 Å². The van der Waals surface area contributed by atoms with Crippen molar-refractivity contribution >= 4 is 66.3 Å². The summed E-state index contributed by atoms with van der Waals surface area (Å²) in [6.07, 6.45) is 0. The molecule has 0 unspecified atom stereocenters. The number of para-hydroxylation sites is 1. The molecule has 0 amide bonds. The number of hydrogen-bond donors (Lipinski definition) is 0. The minimum absolute atomic E-state index is 0.